The van der Waals surface area contributed by atoms with Crippen molar-refractivity contribution in [2.45, 2.75) is 12.3 Å². The number of thiophene rings is 1. The van der Waals surface area contributed by atoms with Gasteiger partial charge in [-0.1, -0.05) is 6.07 Å². The maximum Gasteiger partial charge on any atom is 0.261 e. The highest BCUT2D eigenvalue weighted by Crippen LogP contribution is 2.39. The fourth-order valence-electron chi connectivity index (χ4n) is 3.72. The van der Waals surface area contributed by atoms with Crippen molar-refractivity contribution in [2.24, 2.45) is 0 Å². The molecule has 2 amide bonds. The van der Waals surface area contributed by atoms with E-state index in [-0.39, 0.29) is 17.7 Å². The zero-order chi connectivity index (χ0) is 20.2. The minimum atomic E-state index is -0.114. The van der Waals surface area contributed by atoms with Gasteiger partial charge < -0.3 is 15.0 Å². The van der Waals surface area contributed by atoms with Gasteiger partial charge in [-0.05, 0) is 30.2 Å². The van der Waals surface area contributed by atoms with E-state index in [1.807, 2.05) is 17.0 Å². The zero-order valence-electron chi connectivity index (χ0n) is 16.1. The molecule has 0 saturated carbocycles. The molecule has 1 aliphatic rings. The summed E-state index contributed by atoms with van der Waals surface area (Å²) in [7, 11) is 1.60. The number of amides is 2. The Hall–Kier alpha value is -2.84. The number of hydrogen-bond donors (Lipinski definition) is 1. The second-order valence-corrected chi connectivity index (χ2v) is 7.93. The third-order valence-corrected chi connectivity index (χ3v) is 6.22. The van der Waals surface area contributed by atoms with Gasteiger partial charge in [-0.3, -0.25) is 14.6 Å². The molecule has 1 N–H and O–H groups in total. The molecule has 7 nitrogen and oxygen atoms in total. The molecule has 0 radical (unpaired) electrons. The van der Waals surface area contributed by atoms with E-state index in [9.17, 15) is 9.59 Å². The molecule has 3 aromatic rings. The van der Waals surface area contributed by atoms with Crippen molar-refractivity contribution < 1.29 is 14.3 Å². The Kier molecular flexibility index (Phi) is 5.82. The monoisotopic (exact) mass is 410 g/mol. The number of pyridine rings is 2. The lowest BCUT2D eigenvalue weighted by Crippen LogP contribution is -2.29. The summed E-state index contributed by atoms with van der Waals surface area (Å²) >= 11 is 1.41. The summed E-state index contributed by atoms with van der Waals surface area (Å²) in [6.07, 6.45) is 5.80. The zero-order valence-corrected chi connectivity index (χ0v) is 16.9. The van der Waals surface area contributed by atoms with Gasteiger partial charge in [0.05, 0.1) is 17.0 Å². The molecule has 3 aromatic heterocycles. The topological polar surface area (TPSA) is 84.4 Å². The average molecular weight is 410 g/mol. The number of fused-ring (bicyclic) bond motifs is 1. The van der Waals surface area contributed by atoms with Crippen LogP contribution in [-0.4, -0.2) is 60.0 Å². The lowest BCUT2D eigenvalue weighted by atomic mass is 9.95. The normalized spacial score (nSPS) is 16.3. The second kappa shape index (κ2) is 8.67. The van der Waals surface area contributed by atoms with E-state index in [0.717, 1.165) is 22.2 Å². The van der Waals surface area contributed by atoms with Crippen LogP contribution in [0.3, 0.4) is 0 Å². The van der Waals surface area contributed by atoms with Crippen LogP contribution in [0.25, 0.3) is 10.2 Å². The third-order valence-electron chi connectivity index (χ3n) is 5.09. The Bertz CT molecular complexity index is 1020. The molecule has 0 bridgehead atoms. The van der Waals surface area contributed by atoms with Crippen LogP contribution in [0.15, 0.2) is 42.9 Å². The molecule has 0 unspecified atom stereocenters. The Balaban J connectivity index is 1.61. The number of nitrogens with one attached hydrogen (secondary N) is 1. The van der Waals surface area contributed by atoms with Crippen LogP contribution in [0, 0.1) is 0 Å². The molecular formula is C21H22N4O3S. The first kappa shape index (κ1) is 19.5. The molecule has 29 heavy (non-hydrogen) atoms. The summed E-state index contributed by atoms with van der Waals surface area (Å²) in [6, 6.07) is 7.44. The molecule has 8 heteroatoms. The number of carbonyl (C=O) groups excluding carboxylic acids is 2. The van der Waals surface area contributed by atoms with E-state index >= 15 is 0 Å². The number of methoxy groups -OCH3 is 1. The second-order valence-electron chi connectivity index (χ2n) is 6.93. The van der Waals surface area contributed by atoms with E-state index in [1.54, 1.807) is 37.8 Å². The Morgan fingerprint density at radius 3 is 2.97 bits per heavy atom. The van der Waals surface area contributed by atoms with E-state index in [1.165, 1.54) is 11.3 Å². The van der Waals surface area contributed by atoms with Gasteiger partial charge in [0.25, 0.3) is 11.8 Å². The Morgan fingerprint density at radius 1 is 1.31 bits per heavy atom. The van der Waals surface area contributed by atoms with Crippen LogP contribution < -0.4 is 5.32 Å². The number of ether oxygens (including phenoxy) is 1. The maximum atomic E-state index is 12.8. The van der Waals surface area contributed by atoms with E-state index < -0.39 is 0 Å². The van der Waals surface area contributed by atoms with Crippen molar-refractivity contribution in [3.63, 3.8) is 0 Å². The SMILES string of the molecule is COCCNC(=O)c1sc2ncccc2c1[C@H]1CCN(C(=O)c2cccnc2)C1. The van der Waals surface area contributed by atoms with Gasteiger partial charge >= 0.3 is 0 Å². The van der Waals surface area contributed by atoms with Gasteiger partial charge in [0, 0.05) is 56.6 Å². The maximum absolute atomic E-state index is 12.8. The highest BCUT2D eigenvalue weighted by atomic mass is 32.1. The fraction of sp³-hybridized carbons (Fsp3) is 0.333. The largest absolute Gasteiger partial charge is 0.383 e. The highest BCUT2D eigenvalue weighted by Gasteiger charge is 2.33. The first-order valence-electron chi connectivity index (χ1n) is 9.53. The van der Waals surface area contributed by atoms with Gasteiger partial charge in [-0.15, -0.1) is 11.3 Å². The summed E-state index contributed by atoms with van der Waals surface area (Å²) in [5.74, 6) is -0.0433. The molecule has 1 atom stereocenters. The molecular weight excluding hydrogens is 388 g/mol. The third kappa shape index (κ3) is 3.99. The van der Waals surface area contributed by atoms with Gasteiger partial charge in [-0.2, -0.15) is 0 Å². The molecule has 4 heterocycles. The molecule has 150 valence electrons. The molecule has 1 aliphatic heterocycles. The standard InChI is InChI=1S/C21H22N4O3S/c1-28-11-9-23-19(26)18-17(16-5-3-8-24-20(16)29-18)15-6-10-25(13-15)21(27)14-4-2-7-22-12-14/h2-5,7-8,12,15H,6,9-11,13H2,1H3,(H,23,26)/t15-/m0/s1. The van der Waals surface area contributed by atoms with Crippen molar-refractivity contribution in [2.75, 3.05) is 33.4 Å². The van der Waals surface area contributed by atoms with Gasteiger partial charge in [0.15, 0.2) is 0 Å². The molecule has 0 aromatic carbocycles. The van der Waals surface area contributed by atoms with Crippen LogP contribution in [-0.2, 0) is 4.74 Å². The van der Waals surface area contributed by atoms with Crippen molar-refractivity contribution in [1.29, 1.82) is 0 Å². The first-order chi connectivity index (χ1) is 14.2. The molecule has 1 fully saturated rings. The smallest absolute Gasteiger partial charge is 0.261 e. The van der Waals surface area contributed by atoms with Crippen molar-refractivity contribution >= 4 is 33.4 Å². The van der Waals surface area contributed by atoms with Crippen LogP contribution in [0.4, 0.5) is 0 Å². The number of aromatic nitrogens is 2. The average Bonchev–Trinajstić information content (AvgIpc) is 3.38. The van der Waals surface area contributed by atoms with Gasteiger partial charge in [0.1, 0.15) is 4.83 Å². The Morgan fingerprint density at radius 2 is 2.17 bits per heavy atom. The fourth-order valence-corrected chi connectivity index (χ4v) is 4.87. The summed E-state index contributed by atoms with van der Waals surface area (Å²) in [5.41, 5.74) is 1.58. The van der Waals surface area contributed by atoms with Crippen LogP contribution in [0.2, 0.25) is 0 Å². The van der Waals surface area contributed by atoms with Gasteiger partial charge in [0.2, 0.25) is 0 Å². The lowest BCUT2D eigenvalue weighted by molar-refractivity contribution is 0.0790. The number of hydrogen-bond acceptors (Lipinski definition) is 6. The number of likely N-dealkylation sites (tertiary alicyclic amines) is 1. The van der Waals surface area contributed by atoms with E-state index in [2.05, 4.69) is 15.3 Å². The first-order valence-corrected chi connectivity index (χ1v) is 10.3. The van der Waals surface area contributed by atoms with E-state index in [0.29, 0.717) is 36.7 Å². The minimum Gasteiger partial charge on any atom is -0.383 e. The summed E-state index contributed by atoms with van der Waals surface area (Å²) in [5, 5.41) is 3.91. The summed E-state index contributed by atoms with van der Waals surface area (Å²) in [4.78, 5) is 37.5. The highest BCUT2D eigenvalue weighted by molar-refractivity contribution is 7.20. The van der Waals surface area contributed by atoms with Gasteiger partial charge in [-0.25, -0.2) is 4.98 Å². The van der Waals surface area contributed by atoms with E-state index in [4.69, 9.17) is 4.74 Å². The summed E-state index contributed by atoms with van der Waals surface area (Å²) in [6.45, 7) is 2.14. The van der Waals surface area contributed by atoms with Crippen molar-refractivity contribution in [3.8, 4) is 0 Å². The van der Waals surface area contributed by atoms with Crippen LogP contribution in [0.1, 0.15) is 37.9 Å². The molecule has 0 spiro atoms. The predicted molar refractivity (Wildman–Crippen MR) is 111 cm³/mol. The summed E-state index contributed by atoms with van der Waals surface area (Å²) < 4.78 is 5.03. The number of nitrogens with zero attached hydrogens (tertiary/aromatic N) is 3. The number of rotatable bonds is 6. The Labute approximate surface area is 172 Å². The van der Waals surface area contributed by atoms with Crippen LogP contribution >= 0.6 is 11.3 Å². The van der Waals surface area contributed by atoms with Crippen molar-refractivity contribution in [3.05, 3.63) is 58.9 Å². The quantitative estimate of drug-likeness (QED) is 0.632. The molecule has 4 rings (SSSR count). The lowest BCUT2D eigenvalue weighted by Gasteiger charge is -2.17. The molecule has 1 saturated heterocycles. The van der Waals surface area contributed by atoms with Crippen molar-refractivity contribution in [1.82, 2.24) is 20.2 Å². The van der Waals surface area contributed by atoms with Crippen LogP contribution in [0.5, 0.6) is 0 Å². The number of carbonyl (C=O) groups is 2. The molecule has 0 aliphatic carbocycles. The predicted octanol–water partition coefficient (Wildman–Crippen LogP) is 2.70. The minimum absolute atomic E-state index is 0.0237.